The average Bonchev–Trinajstić information content (AvgIpc) is 2.39. The second kappa shape index (κ2) is 6.89. The number of halogens is 6. The first kappa shape index (κ1) is 18.1. The third-order valence-electron chi connectivity index (χ3n) is 3.42. The minimum atomic E-state index is -4.73. The van der Waals surface area contributed by atoms with E-state index in [1.54, 1.807) is 0 Å². The summed E-state index contributed by atoms with van der Waals surface area (Å²) in [7, 11) is 0. The summed E-state index contributed by atoms with van der Waals surface area (Å²) in [4.78, 5) is 1.07. The van der Waals surface area contributed by atoms with Gasteiger partial charge in [0, 0.05) is 26.2 Å². The van der Waals surface area contributed by atoms with E-state index in [2.05, 4.69) is 5.32 Å². The fourth-order valence-corrected chi connectivity index (χ4v) is 2.42. The highest BCUT2D eigenvalue weighted by atomic mass is 35.5. The smallest absolute Gasteiger partial charge is 0.314 e. The van der Waals surface area contributed by atoms with Crippen molar-refractivity contribution in [2.45, 2.75) is 19.1 Å². The molecule has 0 bridgehead atoms. The van der Waals surface area contributed by atoms with Gasteiger partial charge in [0.25, 0.3) is 0 Å². The van der Waals surface area contributed by atoms with E-state index < -0.39 is 29.4 Å². The van der Waals surface area contributed by atoms with E-state index in [1.807, 2.05) is 0 Å². The number of piperazine rings is 1. The van der Waals surface area contributed by atoms with Crippen LogP contribution in [0.25, 0.3) is 0 Å². The molecule has 0 aromatic heterocycles. The standard InChI is InChI=1S/C13H15F5N2.ClH/c1-8-2-3-9(14)10(11(8)15)12(13(16,17)18)20-6-4-19-5-7-20;/h2-3,12,19H,4-7H2,1H3;1H/t12-;/m0./s1. The number of aryl methyl sites for hydroxylation is 1. The zero-order valence-electron chi connectivity index (χ0n) is 11.3. The van der Waals surface area contributed by atoms with Gasteiger partial charge in [-0.25, -0.2) is 8.78 Å². The van der Waals surface area contributed by atoms with Gasteiger partial charge in [-0.3, -0.25) is 4.90 Å². The molecule has 2 nitrogen and oxygen atoms in total. The molecule has 0 amide bonds. The van der Waals surface area contributed by atoms with Crippen LogP contribution < -0.4 is 5.32 Å². The van der Waals surface area contributed by atoms with Crippen LogP contribution in [0.15, 0.2) is 12.1 Å². The largest absolute Gasteiger partial charge is 0.408 e. The van der Waals surface area contributed by atoms with Gasteiger partial charge in [-0.1, -0.05) is 6.07 Å². The molecule has 8 heteroatoms. The Morgan fingerprint density at radius 2 is 1.71 bits per heavy atom. The van der Waals surface area contributed by atoms with Gasteiger partial charge >= 0.3 is 6.18 Å². The van der Waals surface area contributed by atoms with Gasteiger partial charge in [-0.2, -0.15) is 13.2 Å². The van der Waals surface area contributed by atoms with Crippen molar-refractivity contribution >= 4 is 12.4 Å². The van der Waals surface area contributed by atoms with Gasteiger partial charge in [0.2, 0.25) is 0 Å². The molecule has 0 spiro atoms. The lowest BCUT2D eigenvalue weighted by molar-refractivity contribution is -0.189. The molecule has 0 aliphatic carbocycles. The normalized spacial score (nSPS) is 18.2. The van der Waals surface area contributed by atoms with Crippen molar-refractivity contribution in [2.24, 2.45) is 0 Å². The maximum absolute atomic E-state index is 14.0. The average molecular weight is 331 g/mol. The summed E-state index contributed by atoms with van der Waals surface area (Å²) in [5.74, 6) is -2.28. The van der Waals surface area contributed by atoms with Crippen molar-refractivity contribution in [1.29, 1.82) is 0 Å². The molecule has 1 N–H and O–H groups in total. The fraction of sp³-hybridized carbons (Fsp3) is 0.538. The van der Waals surface area contributed by atoms with Gasteiger partial charge < -0.3 is 5.32 Å². The fourth-order valence-electron chi connectivity index (χ4n) is 2.42. The van der Waals surface area contributed by atoms with E-state index in [-0.39, 0.29) is 31.1 Å². The number of benzene rings is 1. The lowest BCUT2D eigenvalue weighted by atomic mass is 10.00. The Balaban J connectivity index is 0.00000220. The first-order valence-electron chi connectivity index (χ1n) is 6.28. The molecule has 1 fully saturated rings. The topological polar surface area (TPSA) is 15.3 Å². The van der Waals surface area contributed by atoms with Crippen molar-refractivity contribution in [3.8, 4) is 0 Å². The zero-order valence-corrected chi connectivity index (χ0v) is 12.1. The quantitative estimate of drug-likeness (QED) is 0.838. The Hall–Kier alpha value is -0.920. The van der Waals surface area contributed by atoms with Crippen LogP contribution in [0.1, 0.15) is 17.2 Å². The van der Waals surface area contributed by atoms with Crippen LogP contribution in [-0.2, 0) is 0 Å². The molecule has 1 saturated heterocycles. The van der Waals surface area contributed by atoms with Crippen molar-refractivity contribution in [2.75, 3.05) is 26.2 Å². The molecule has 0 saturated carbocycles. The molecule has 1 atom stereocenters. The lowest BCUT2D eigenvalue weighted by Gasteiger charge is -2.36. The molecular formula is C13H16ClF5N2. The predicted octanol–water partition coefficient (Wildman–Crippen LogP) is 3.20. The number of hydrogen-bond donors (Lipinski definition) is 1. The highest BCUT2D eigenvalue weighted by molar-refractivity contribution is 5.85. The second-order valence-corrected chi connectivity index (χ2v) is 4.82. The lowest BCUT2D eigenvalue weighted by Crippen LogP contribution is -2.49. The summed E-state index contributed by atoms with van der Waals surface area (Å²) in [5.41, 5.74) is -0.898. The van der Waals surface area contributed by atoms with Gasteiger partial charge in [-0.05, 0) is 18.6 Å². The Bertz CT molecular complexity index is 486. The molecule has 120 valence electrons. The highest BCUT2D eigenvalue weighted by Gasteiger charge is 2.47. The number of nitrogens with one attached hydrogen (secondary N) is 1. The van der Waals surface area contributed by atoms with Crippen molar-refractivity contribution in [3.05, 3.63) is 34.9 Å². The molecule has 1 aliphatic heterocycles. The molecule has 1 aliphatic rings. The zero-order chi connectivity index (χ0) is 14.9. The van der Waals surface area contributed by atoms with Crippen LogP contribution in [0, 0.1) is 18.6 Å². The third kappa shape index (κ3) is 3.84. The minimum Gasteiger partial charge on any atom is -0.314 e. The molecule has 0 unspecified atom stereocenters. The van der Waals surface area contributed by atoms with E-state index in [0.717, 1.165) is 17.0 Å². The van der Waals surface area contributed by atoms with Gasteiger partial charge in [0.1, 0.15) is 17.7 Å². The van der Waals surface area contributed by atoms with E-state index in [4.69, 9.17) is 0 Å². The molecule has 0 radical (unpaired) electrons. The van der Waals surface area contributed by atoms with E-state index in [9.17, 15) is 22.0 Å². The summed E-state index contributed by atoms with van der Waals surface area (Å²) < 4.78 is 67.7. The SMILES string of the molecule is Cc1ccc(F)c([C@H](N2CCNCC2)C(F)(F)F)c1F.Cl. The molecule has 1 heterocycles. The van der Waals surface area contributed by atoms with Crippen molar-refractivity contribution in [3.63, 3.8) is 0 Å². The molecule has 1 aromatic carbocycles. The monoisotopic (exact) mass is 330 g/mol. The number of rotatable bonds is 2. The molecular weight excluding hydrogens is 315 g/mol. The summed E-state index contributed by atoms with van der Waals surface area (Å²) in [6, 6.07) is -0.224. The summed E-state index contributed by atoms with van der Waals surface area (Å²) in [6.45, 7) is 2.24. The van der Waals surface area contributed by atoms with Crippen molar-refractivity contribution < 1.29 is 22.0 Å². The molecule has 2 rings (SSSR count). The summed E-state index contributed by atoms with van der Waals surface area (Å²) >= 11 is 0. The first-order valence-corrected chi connectivity index (χ1v) is 6.28. The summed E-state index contributed by atoms with van der Waals surface area (Å²) in [5, 5.41) is 2.92. The maximum Gasteiger partial charge on any atom is 0.408 e. The van der Waals surface area contributed by atoms with Crippen LogP contribution >= 0.6 is 12.4 Å². The highest BCUT2D eigenvalue weighted by Crippen LogP contribution is 2.40. The van der Waals surface area contributed by atoms with Crippen LogP contribution in [0.5, 0.6) is 0 Å². The van der Waals surface area contributed by atoms with Crippen LogP contribution in [0.2, 0.25) is 0 Å². The number of nitrogens with zero attached hydrogens (tertiary/aromatic N) is 1. The number of hydrogen-bond acceptors (Lipinski definition) is 2. The van der Waals surface area contributed by atoms with Crippen LogP contribution in [0.3, 0.4) is 0 Å². The van der Waals surface area contributed by atoms with E-state index in [1.165, 1.54) is 6.92 Å². The first-order chi connectivity index (χ1) is 9.32. The Morgan fingerprint density at radius 3 is 2.24 bits per heavy atom. The third-order valence-corrected chi connectivity index (χ3v) is 3.42. The second-order valence-electron chi connectivity index (χ2n) is 4.82. The van der Waals surface area contributed by atoms with E-state index >= 15 is 0 Å². The van der Waals surface area contributed by atoms with Crippen molar-refractivity contribution in [1.82, 2.24) is 10.2 Å². The van der Waals surface area contributed by atoms with Gasteiger partial charge in [0.05, 0.1) is 5.56 Å². The van der Waals surface area contributed by atoms with Gasteiger partial charge in [-0.15, -0.1) is 12.4 Å². The predicted molar refractivity (Wildman–Crippen MR) is 71.6 cm³/mol. The van der Waals surface area contributed by atoms with Gasteiger partial charge in [0.15, 0.2) is 0 Å². The van der Waals surface area contributed by atoms with Crippen LogP contribution in [0.4, 0.5) is 22.0 Å². The van der Waals surface area contributed by atoms with Crippen LogP contribution in [-0.4, -0.2) is 37.3 Å². The summed E-state index contributed by atoms with van der Waals surface area (Å²) in [6.07, 6.45) is -4.73. The Labute approximate surface area is 125 Å². The van der Waals surface area contributed by atoms with E-state index in [0.29, 0.717) is 13.1 Å². The molecule has 1 aromatic rings. The molecule has 21 heavy (non-hydrogen) atoms. The number of alkyl halides is 3. The Kier molecular flexibility index (Phi) is 5.95. The Morgan fingerprint density at radius 1 is 1.14 bits per heavy atom. The minimum absolute atomic E-state index is 0. The maximum atomic E-state index is 14.0.